The Morgan fingerprint density at radius 1 is 1.37 bits per heavy atom. The van der Waals surface area contributed by atoms with Gasteiger partial charge in [-0.3, -0.25) is 0 Å². The first kappa shape index (κ1) is 11.6. The lowest BCUT2D eigenvalue weighted by Gasteiger charge is -2.18. The highest BCUT2D eigenvalue weighted by Gasteiger charge is 2.16. The number of rotatable bonds is 2. The van der Waals surface area contributed by atoms with Gasteiger partial charge in [0.05, 0.1) is 12.3 Å². The summed E-state index contributed by atoms with van der Waals surface area (Å²) in [5, 5.41) is 9.16. The standard InChI is InChI=1S/C14H12N2O3/c17-14(18)11-7-15-8-16-13(11)10-3-4-12-9(6-10)2-1-5-19-12/h3-4,6-8H,1-2,5H2,(H,17,18). The van der Waals surface area contributed by atoms with Gasteiger partial charge in [-0.1, -0.05) is 0 Å². The van der Waals surface area contributed by atoms with E-state index >= 15 is 0 Å². The van der Waals surface area contributed by atoms with Crippen molar-refractivity contribution < 1.29 is 14.6 Å². The van der Waals surface area contributed by atoms with Crippen molar-refractivity contribution in [2.24, 2.45) is 0 Å². The number of aromatic nitrogens is 2. The summed E-state index contributed by atoms with van der Waals surface area (Å²) >= 11 is 0. The quantitative estimate of drug-likeness (QED) is 0.891. The lowest BCUT2D eigenvalue weighted by molar-refractivity contribution is 0.0697. The number of carboxylic acids is 1. The Morgan fingerprint density at radius 3 is 3.11 bits per heavy atom. The smallest absolute Gasteiger partial charge is 0.339 e. The zero-order chi connectivity index (χ0) is 13.2. The Kier molecular flexibility index (Phi) is 2.87. The molecule has 3 rings (SSSR count). The zero-order valence-corrected chi connectivity index (χ0v) is 10.2. The second-order valence-electron chi connectivity index (χ2n) is 4.36. The van der Waals surface area contributed by atoms with E-state index in [2.05, 4.69) is 9.97 Å². The third-order valence-corrected chi connectivity index (χ3v) is 3.12. The Labute approximate surface area is 109 Å². The number of carboxylic acid groups (broad SMARTS) is 1. The van der Waals surface area contributed by atoms with Crippen LogP contribution in [0.25, 0.3) is 11.3 Å². The van der Waals surface area contributed by atoms with Crippen LogP contribution in [0.3, 0.4) is 0 Å². The molecule has 5 heteroatoms. The van der Waals surface area contributed by atoms with Crippen molar-refractivity contribution in [3.63, 3.8) is 0 Å². The highest BCUT2D eigenvalue weighted by atomic mass is 16.5. The average Bonchev–Trinajstić information content (AvgIpc) is 2.46. The molecule has 96 valence electrons. The topological polar surface area (TPSA) is 72.3 Å². The average molecular weight is 256 g/mol. The molecule has 1 aliphatic heterocycles. The molecule has 1 aliphatic rings. The number of hydrogen-bond donors (Lipinski definition) is 1. The summed E-state index contributed by atoms with van der Waals surface area (Å²) < 4.78 is 5.54. The number of nitrogens with zero attached hydrogens (tertiary/aromatic N) is 2. The van der Waals surface area contributed by atoms with E-state index in [-0.39, 0.29) is 5.56 Å². The first-order valence-electron chi connectivity index (χ1n) is 6.05. The Balaban J connectivity index is 2.10. The van der Waals surface area contributed by atoms with E-state index < -0.39 is 5.97 Å². The fourth-order valence-corrected chi connectivity index (χ4v) is 2.22. The molecule has 2 aromatic rings. The maximum absolute atomic E-state index is 11.2. The molecule has 1 N–H and O–H groups in total. The largest absolute Gasteiger partial charge is 0.493 e. The first-order chi connectivity index (χ1) is 9.25. The van der Waals surface area contributed by atoms with Crippen LogP contribution in [-0.4, -0.2) is 27.7 Å². The van der Waals surface area contributed by atoms with Gasteiger partial charge in [-0.25, -0.2) is 14.8 Å². The summed E-state index contributed by atoms with van der Waals surface area (Å²) in [7, 11) is 0. The van der Waals surface area contributed by atoms with E-state index in [0.29, 0.717) is 5.69 Å². The zero-order valence-electron chi connectivity index (χ0n) is 10.2. The van der Waals surface area contributed by atoms with Crippen molar-refractivity contribution in [1.82, 2.24) is 9.97 Å². The van der Waals surface area contributed by atoms with Crippen molar-refractivity contribution in [2.75, 3.05) is 6.61 Å². The van der Waals surface area contributed by atoms with E-state index in [9.17, 15) is 4.79 Å². The predicted molar refractivity (Wildman–Crippen MR) is 68.2 cm³/mol. The summed E-state index contributed by atoms with van der Waals surface area (Å²) in [5.74, 6) is -0.148. The van der Waals surface area contributed by atoms with Gasteiger partial charge in [-0.05, 0) is 36.6 Å². The van der Waals surface area contributed by atoms with Crippen LogP contribution in [0.2, 0.25) is 0 Å². The number of ether oxygens (including phenoxy) is 1. The lowest BCUT2D eigenvalue weighted by atomic mass is 10.00. The van der Waals surface area contributed by atoms with Crippen molar-refractivity contribution in [3.8, 4) is 17.0 Å². The van der Waals surface area contributed by atoms with E-state index in [4.69, 9.17) is 9.84 Å². The fraction of sp³-hybridized carbons (Fsp3) is 0.214. The van der Waals surface area contributed by atoms with Crippen LogP contribution >= 0.6 is 0 Å². The molecule has 0 saturated carbocycles. The minimum absolute atomic E-state index is 0.110. The minimum Gasteiger partial charge on any atom is -0.493 e. The number of benzene rings is 1. The highest BCUT2D eigenvalue weighted by molar-refractivity contribution is 5.94. The molecule has 1 aromatic heterocycles. The summed E-state index contributed by atoms with van der Waals surface area (Å²) in [6, 6.07) is 5.65. The molecule has 0 fully saturated rings. The van der Waals surface area contributed by atoms with Crippen molar-refractivity contribution >= 4 is 5.97 Å². The molecular formula is C14H12N2O3. The molecule has 0 amide bonds. The Bertz CT molecular complexity index is 640. The third kappa shape index (κ3) is 2.14. The summed E-state index contributed by atoms with van der Waals surface area (Å²) in [5.41, 5.74) is 2.43. The second-order valence-corrected chi connectivity index (χ2v) is 4.36. The van der Waals surface area contributed by atoms with E-state index in [1.165, 1.54) is 12.5 Å². The maximum Gasteiger partial charge on any atom is 0.339 e. The molecule has 0 radical (unpaired) electrons. The van der Waals surface area contributed by atoms with Gasteiger partial charge in [-0.2, -0.15) is 0 Å². The van der Waals surface area contributed by atoms with Gasteiger partial charge in [-0.15, -0.1) is 0 Å². The first-order valence-corrected chi connectivity index (χ1v) is 6.05. The molecule has 0 saturated heterocycles. The monoisotopic (exact) mass is 256 g/mol. The van der Waals surface area contributed by atoms with Crippen LogP contribution in [0.15, 0.2) is 30.7 Å². The van der Waals surface area contributed by atoms with Gasteiger partial charge in [0.1, 0.15) is 17.6 Å². The summed E-state index contributed by atoms with van der Waals surface area (Å²) in [4.78, 5) is 19.0. The predicted octanol–water partition coefficient (Wildman–Crippen LogP) is 2.17. The number of fused-ring (bicyclic) bond motifs is 1. The van der Waals surface area contributed by atoms with Crippen molar-refractivity contribution in [1.29, 1.82) is 0 Å². The number of aromatic carboxylic acids is 1. The van der Waals surface area contributed by atoms with Crippen LogP contribution in [0.4, 0.5) is 0 Å². The third-order valence-electron chi connectivity index (χ3n) is 3.12. The Hall–Kier alpha value is -2.43. The highest BCUT2D eigenvalue weighted by Crippen LogP contribution is 2.30. The van der Waals surface area contributed by atoms with E-state index in [1.54, 1.807) is 0 Å². The van der Waals surface area contributed by atoms with Gasteiger partial charge >= 0.3 is 5.97 Å². The van der Waals surface area contributed by atoms with Gasteiger partial charge in [0.2, 0.25) is 0 Å². The molecule has 1 aromatic carbocycles. The number of carbonyl (C=O) groups is 1. The number of hydrogen-bond acceptors (Lipinski definition) is 4. The molecule has 0 aliphatic carbocycles. The van der Waals surface area contributed by atoms with Gasteiger partial charge in [0, 0.05) is 11.8 Å². The van der Waals surface area contributed by atoms with Crippen LogP contribution in [0.1, 0.15) is 22.3 Å². The summed E-state index contributed by atoms with van der Waals surface area (Å²) in [6.07, 6.45) is 4.60. The molecule has 2 heterocycles. The SMILES string of the molecule is O=C(O)c1cncnc1-c1ccc2c(c1)CCCO2. The van der Waals surface area contributed by atoms with Crippen LogP contribution in [0, 0.1) is 0 Å². The van der Waals surface area contributed by atoms with Crippen molar-refractivity contribution in [2.45, 2.75) is 12.8 Å². The number of aryl methyl sites for hydroxylation is 1. The van der Waals surface area contributed by atoms with Gasteiger partial charge in [0.25, 0.3) is 0 Å². The normalized spacial score (nSPS) is 13.5. The summed E-state index contributed by atoms with van der Waals surface area (Å²) in [6.45, 7) is 0.736. The second kappa shape index (κ2) is 4.68. The fourth-order valence-electron chi connectivity index (χ4n) is 2.22. The van der Waals surface area contributed by atoms with Gasteiger partial charge in [0.15, 0.2) is 0 Å². The molecule has 0 atom stereocenters. The van der Waals surface area contributed by atoms with Crippen LogP contribution < -0.4 is 4.74 Å². The van der Waals surface area contributed by atoms with Crippen LogP contribution in [-0.2, 0) is 6.42 Å². The maximum atomic E-state index is 11.2. The molecule has 19 heavy (non-hydrogen) atoms. The van der Waals surface area contributed by atoms with Gasteiger partial charge < -0.3 is 9.84 Å². The van der Waals surface area contributed by atoms with E-state index in [0.717, 1.165) is 36.3 Å². The van der Waals surface area contributed by atoms with Crippen molar-refractivity contribution in [3.05, 3.63) is 41.9 Å². The lowest BCUT2D eigenvalue weighted by Crippen LogP contribution is -2.08. The van der Waals surface area contributed by atoms with E-state index in [1.807, 2.05) is 18.2 Å². The molecule has 0 unspecified atom stereocenters. The Morgan fingerprint density at radius 2 is 2.26 bits per heavy atom. The molecular weight excluding hydrogens is 244 g/mol. The molecule has 0 spiro atoms. The molecule has 0 bridgehead atoms. The minimum atomic E-state index is -1.02. The molecule has 5 nitrogen and oxygen atoms in total. The van der Waals surface area contributed by atoms with Crippen LogP contribution in [0.5, 0.6) is 5.75 Å².